The molecule has 5 rings (SSSR count). The number of carboxylic acid groups (broad SMARTS) is 1. The second-order valence-electron chi connectivity index (χ2n) is 9.48. The van der Waals surface area contributed by atoms with Gasteiger partial charge in [0.25, 0.3) is 0 Å². The summed E-state index contributed by atoms with van der Waals surface area (Å²) >= 11 is 0. The number of ether oxygens (including phenoxy) is 1. The Bertz CT molecular complexity index is 1530. The average Bonchev–Trinajstić information content (AvgIpc) is 3.27. The van der Waals surface area contributed by atoms with Gasteiger partial charge in [0.05, 0.1) is 42.3 Å². The molecule has 1 aromatic heterocycles. The summed E-state index contributed by atoms with van der Waals surface area (Å²) in [5.41, 5.74) is -0.264. The van der Waals surface area contributed by atoms with Crippen molar-refractivity contribution in [3.63, 3.8) is 0 Å². The molecule has 0 unspecified atom stereocenters. The predicted octanol–water partition coefficient (Wildman–Crippen LogP) is 1.85. The molecule has 3 aromatic rings. The van der Waals surface area contributed by atoms with Gasteiger partial charge in [-0.25, -0.2) is 37.5 Å². The number of Topliss-reactive ketones (excluding diaryl/α,β-unsaturated/α-hetero) is 1. The van der Waals surface area contributed by atoms with Crippen LogP contribution < -0.4 is 21.2 Å². The van der Waals surface area contributed by atoms with Crippen LogP contribution in [-0.2, 0) is 22.6 Å². The van der Waals surface area contributed by atoms with Gasteiger partial charge in [-0.15, -0.1) is 0 Å². The number of amides is 1. The number of hydrogen-bond donors (Lipinski definition) is 1. The van der Waals surface area contributed by atoms with Gasteiger partial charge in [-0.1, -0.05) is 0 Å². The van der Waals surface area contributed by atoms with Crippen LogP contribution in [0.5, 0.6) is 0 Å². The summed E-state index contributed by atoms with van der Waals surface area (Å²) in [6.07, 6.45) is -0.344. The Morgan fingerprint density at radius 1 is 0.949 bits per heavy atom. The molecule has 39 heavy (non-hydrogen) atoms. The Labute approximate surface area is 221 Å². The predicted molar refractivity (Wildman–Crippen MR) is 137 cm³/mol. The molecule has 1 fully saturated rings. The number of halogens is 1. The van der Waals surface area contributed by atoms with Crippen molar-refractivity contribution in [1.29, 1.82) is 0 Å². The molecule has 2 aliphatic rings. The van der Waals surface area contributed by atoms with Gasteiger partial charge in [0.1, 0.15) is 17.7 Å². The third kappa shape index (κ3) is 4.94. The van der Waals surface area contributed by atoms with Gasteiger partial charge in [-0.2, -0.15) is 0 Å². The number of fused-ring (bicyclic) bond motifs is 1. The van der Waals surface area contributed by atoms with Crippen molar-refractivity contribution in [2.75, 3.05) is 29.4 Å². The van der Waals surface area contributed by atoms with Crippen molar-refractivity contribution in [2.45, 2.75) is 39.0 Å². The quantitative estimate of drug-likeness (QED) is 0.481. The summed E-state index contributed by atoms with van der Waals surface area (Å²) in [5.74, 6) is -1.69. The maximum absolute atomic E-state index is 15.2. The topological polar surface area (TPSA) is 136 Å². The molecule has 2 aromatic carbocycles. The minimum absolute atomic E-state index is 0.000331. The number of carbonyl (C=O) groups excluding carboxylic acids is 2. The molecule has 0 saturated carbocycles. The third-order valence-corrected chi connectivity index (χ3v) is 6.93. The first kappa shape index (κ1) is 25.9. The Kier molecular flexibility index (Phi) is 6.81. The van der Waals surface area contributed by atoms with Crippen molar-refractivity contribution in [3.05, 3.63) is 74.8 Å². The molecule has 1 atom stereocenters. The number of anilines is 2. The van der Waals surface area contributed by atoms with Gasteiger partial charge in [0, 0.05) is 19.5 Å². The second-order valence-corrected chi connectivity index (χ2v) is 9.48. The van der Waals surface area contributed by atoms with Gasteiger partial charge in [0.2, 0.25) is 0 Å². The number of cyclic esters (lactones) is 1. The Balaban J connectivity index is 1.32. The molecule has 3 heterocycles. The van der Waals surface area contributed by atoms with Crippen LogP contribution in [0, 0.1) is 5.82 Å². The summed E-state index contributed by atoms with van der Waals surface area (Å²) in [6, 6.07) is 9.84. The summed E-state index contributed by atoms with van der Waals surface area (Å²) in [4.78, 5) is 63.8. The summed E-state index contributed by atoms with van der Waals surface area (Å²) < 4.78 is 24.1. The molecule has 1 amide bonds. The van der Waals surface area contributed by atoms with Crippen molar-refractivity contribution in [3.8, 4) is 5.69 Å². The van der Waals surface area contributed by atoms with Crippen molar-refractivity contribution in [2.24, 2.45) is 0 Å². The van der Waals surface area contributed by atoms with E-state index in [1.165, 1.54) is 51.5 Å². The van der Waals surface area contributed by atoms with Crippen LogP contribution >= 0.6 is 0 Å². The standard InChI is InChI=1S/C26H26FN5O7/c1-16(33)2-8-20-15-29(26(38)39-20)19-7-9-22(21(27)14-19)28-10-12-30-24(36)32(25(37)31(30)13-11-28)18-5-3-17(4-6-18)23(34)35/h3-7,9,14,20H,2,8,10-13,15H2,1H3,(H,34,35)/t20-/m0/s1. The monoisotopic (exact) mass is 539 g/mol. The van der Waals surface area contributed by atoms with E-state index in [-0.39, 0.29) is 55.4 Å². The normalized spacial score (nSPS) is 17.1. The second kappa shape index (κ2) is 10.2. The zero-order chi connectivity index (χ0) is 27.8. The average molecular weight is 540 g/mol. The van der Waals surface area contributed by atoms with E-state index in [9.17, 15) is 24.0 Å². The number of rotatable bonds is 7. The van der Waals surface area contributed by atoms with Crippen LogP contribution in [0.25, 0.3) is 5.69 Å². The zero-order valence-corrected chi connectivity index (χ0v) is 21.1. The van der Waals surface area contributed by atoms with Crippen LogP contribution in [0.4, 0.5) is 20.6 Å². The largest absolute Gasteiger partial charge is 0.478 e. The van der Waals surface area contributed by atoms with Crippen LogP contribution in [0.1, 0.15) is 30.1 Å². The number of hydrogen-bond acceptors (Lipinski definition) is 7. The lowest BCUT2D eigenvalue weighted by Crippen LogP contribution is -2.33. The Hall–Kier alpha value is -4.68. The lowest BCUT2D eigenvalue weighted by molar-refractivity contribution is -0.117. The third-order valence-electron chi connectivity index (χ3n) is 6.93. The van der Waals surface area contributed by atoms with Crippen LogP contribution in [0.15, 0.2) is 52.1 Å². The van der Waals surface area contributed by atoms with Crippen molar-refractivity contribution < 1.29 is 28.6 Å². The zero-order valence-electron chi connectivity index (χ0n) is 21.1. The minimum Gasteiger partial charge on any atom is -0.478 e. The summed E-state index contributed by atoms with van der Waals surface area (Å²) in [5, 5.41) is 9.08. The molecule has 0 bridgehead atoms. The van der Waals surface area contributed by atoms with Crippen LogP contribution in [0.3, 0.4) is 0 Å². The van der Waals surface area contributed by atoms with Gasteiger partial charge in [-0.05, 0) is 55.8 Å². The highest BCUT2D eigenvalue weighted by Gasteiger charge is 2.33. The maximum atomic E-state index is 15.2. The van der Waals surface area contributed by atoms with Gasteiger partial charge < -0.3 is 19.5 Å². The van der Waals surface area contributed by atoms with E-state index in [0.29, 0.717) is 18.5 Å². The molecule has 12 nitrogen and oxygen atoms in total. The van der Waals surface area contributed by atoms with Crippen molar-refractivity contribution >= 4 is 29.2 Å². The molecule has 1 N–H and O–H groups in total. The highest BCUT2D eigenvalue weighted by Crippen LogP contribution is 2.29. The molecule has 2 aliphatic heterocycles. The highest BCUT2D eigenvalue weighted by molar-refractivity contribution is 5.90. The smallest absolute Gasteiger partial charge is 0.414 e. The molecular weight excluding hydrogens is 513 g/mol. The number of ketones is 1. The van der Waals surface area contributed by atoms with E-state index in [4.69, 9.17) is 9.84 Å². The number of benzene rings is 2. The molecule has 0 spiro atoms. The van der Waals surface area contributed by atoms with E-state index in [0.717, 1.165) is 4.57 Å². The maximum Gasteiger partial charge on any atom is 0.414 e. The molecule has 0 aliphatic carbocycles. The Morgan fingerprint density at radius 2 is 1.56 bits per heavy atom. The van der Waals surface area contributed by atoms with E-state index < -0.39 is 35.4 Å². The molecule has 204 valence electrons. The fourth-order valence-electron chi connectivity index (χ4n) is 4.88. The van der Waals surface area contributed by atoms with Crippen LogP contribution in [-0.4, -0.2) is 62.6 Å². The highest BCUT2D eigenvalue weighted by atomic mass is 19.1. The summed E-state index contributed by atoms with van der Waals surface area (Å²) in [7, 11) is 0. The minimum atomic E-state index is -1.12. The molecule has 0 radical (unpaired) electrons. The first-order chi connectivity index (χ1) is 18.6. The lowest BCUT2D eigenvalue weighted by Gasteiger charge is -2.23. The first-order valence-corrected chi connectivity index (χ1v) is 12.4. The first-order valence-electron chi connectivity index (χ1n) is 12.4. The molecule has 1 saturated heterocycles. The number of nitrogens with zero attached hydrogens (tertiary/aromatic N) is 5. The number of carboxylic acids is 1. The fraction of sp³-hybridized carbons (Fsp3) is 0.346. The van der Waals surface area contributed by atoms with Gasteiger partial charge >= 0.3 is 23.4 Å². The van der Waals surface area contributed by atoms with Gasteiger partial charge in [-0.3, -0.25) is 4.90 Å². The fourth-order valence-corrected chi connectivity index (χ4v) is 4.88. The van der Waals surface area contributed by atoms with E-state index in [1.807, 2.05) is 0 Å². The van der Waals surface area contributed by atoms with Crippen LogP contribution in [0.2, 0.25) is 0 Å². The van der Waals surface area contributed by atoms with Crippen molar-refractivity contribution in [1.82, 2.24) is 13.9 Å². The van der Waals surface area contributed by atoms with E-state index in [2.05, 4.69) is 0 Å². The number of aromatic carboxylic acids is 1. The SMILES string of the molecule is CC(=O)CC[C@H]1CN(c2ccc(N3CCn4c(=O)n(-c5ccc(C(=O)O)cc5)c(=O)n4CC3)c(F)c2)C(=O)O1. The Morgan fingerprint density at radius 3 is 2.13 bits per heavy atom. The van der Waals surface area contributed by atoms with E-state index >= 15 is 4.39 Å². The molecule has 13 heteroatoms. The lowest BCUT2D eigenvalue weighted by atomic mass is 10.1. The summed E-state index contributed by atoms with van der Waals surface area (Å²) in [6.45, 7) is 2.42. The van der Waals surface area contributed by atoms with E-state index in [1.54, 1.807) is 17.0 Å². The molecular formula is C26H26FN5O7. The number of aromatic nitrogens is 3. The van der Waals surface area contributed by atoms with Gasteiger partial charge in [0.15, 0.2) is 0 Å². The number of carbonyl (C=O) groups is 3.